The van der Waals surface area contributed by atoms with Crippen molar-refractivity contribution in [1.82, 2.24) is 19.1 Å². The smallest absolute Gasteiger partial charge is 0.328 e. The summed E-state index contributed by atoms with van der Waals surface area (Å²) < 4.78 is 2.31. The summed E-state index contributed by atoms with van der Waals surface area (Å²) in [5.74, 6) is -0.297. The summed E-state index contributed by atoms with van der Waals surface area (Å²) in [7, 11) is 0. The van der Waals surface area contributed by atoms with Crippen molar-refractivity contribution in [3.8, 4) is 0 Å². The molecule has 1 saturated heterocycles. The van der Waals surface area contributed by atoms with Gasteiger partial charge in [-0.25, -0.2) is 9.20 Å². The molecular formula is C13H17N5O2. The van der Waals surface area contributed by atoms with E-state index in [2.05, 4.69) is 5.10 Å². The minimum atomic E-state index is -0.417. The lowest BCUT2D eigenvalue weighted by Crippen LogP contribution is -2.44. The highest BCUT2D eigenvalue weighted by atomic mass is 16.2. The number of fused-ring (bicyclic) bond motifs is 1. The van der Waals surface area contributed by atoms with E-state index in [0.717, 1.165) is 30.6 Å². The molecule has 1 fully saturated rings. The largest absolute Gasteiger partial charge is 0.357 e. The first kappa shape index (κ1) is 13.0. The molecule has 7 nitrogen and oxygen atoms in total. The number of carbonyl (C=O) groups is 1. The number of pyridine rings is 1. The molecule has 0 radical (unpaired) electrons. The Balaban J connectivity index is 1.79. The molecule has 2 aromatic rings. The first-order chi connectivity index (χ1) is 9.65. The number of hydrogen-bond donors (Lipinski definition) is 1. The van der Waals surface area contributed by atoms with Crippen LogP contribution in [0.3, 0.4) is 0 Å². The van der Waals surface area contributed by atoms with Crippen molar-refractivity contribution in [1.29, 1.82) is 0 Å². The van der Waals surface area contributed by atoms with E-state index in [1.165, 1.54) is 4.40 Å². The molecule has 20 heavy (non-hydrogen) atoms. The van der Waals surface area contributed by atoms with Gasteiger partial charge in [-0.15, -0.1) is 9.78 Å². The third-order valence-electron chi connectivity index (χ3n) is 3.66. The molecule has 3 heterocycles. The monoisotopic (exact) mass is 275 g/mol. The van der Waals surface area contributed by atoms with Crippen molar-refractivity contribution in [2.75, 3.05) is 19.6 Å². The van der Waals surface area contributed by atoms with Gasteiger partial charge in [-0.1, -0.05) is 6.07 Å². The van der Waals surface area contributed by atoms with Crippen LogP contribution in [-0.4, -0.2) is 50.7 Å². The molecule has 106 valence electrons. The van der Waals surface area contributed by atoms with E-state index in [1.807, 2.05) is 4.90 Å². The molecule has 0 amide bonds. The highest BCUT2D eigenvalue weighted by molar-refractivity contribution is 5.80. The number of aromatic nitrogens is 3. The standard InChI is InChI=1S/C13H17N5O2/c14-10-4-7-16(8-5-10)9-12(19)18-13(20)17-6-2-1-3-11(17)15-18/h1-3,6,10H,4-5,7-9,14H2. The maximum absolute atomic E-state index is 12.2. The fraction of sp³-hybridized carbons (Fsp3) is 0.462. The number of likely N-dealkylation sites (tertiary alicyclic amines) is 1. The minimum absolute atomic E-state index is 0.205. The number of rotatable bonds is 2. The second-order valence-electron chi connectivity index (χ2n) is 5.13. The molecule has 0 atom stereocenters. The molecule has 0 saturated carbocycles. The lowest BCUT2D eigenvalue weighted by molar-refractivity contribution is 0.0806. The summed E-state index contributed by atoms with van der Waals surface area (Å²) in [6, 6.07) is 5.43. The molecule has 0 aromatic carbocycles. The number of carbonyl (C=O) groups excluding carboxylic acids is 1. The van der Waals surface area contributed by atoms with E-state index in [0.29, 0.717) is 5.65 Å². The van der Waals surface area contributed by atoms with E-state index in [4.69, 9.17) is 5.73 Å². The Morgan fingerprint density at radius 1 is 1.35 bits per heavy atom. The molecular weight excluding hydrogens is 258 g/mol. The molecule has 0 unspecified atom stereocenters. The summed E-state index contributed by atoms with van der Waals surface area (Å²) in [6.07, 6.45) is 3.37. The van der Waals surface area contributed by atoms with Crippen molar-refractivity contribution in [2.45, 2.75) is 18.9 Å². The van der Waals surface area contributed by atoms with Gasteiger partial charge in [-0.3, -0.25) is 9.69 Å². The van der Waals surface area contributed by atoms with Crippen LogP contribution in [0, 0.1) is 0 Å². The van der Waals surface area contributed by atoms with Gasteiger partial charge in [0.05, 0.1) is 6.54 Å². The first-order valence-corrected chi connectivity index (χ1v) is 6.73. The zero-order chi connectivity index (χ0) is 14.1. The average molecular weight is 275 g/mol. The Morgan fingerprint density at radius 2 is 2.10 bits per heavy atom. The van der Waals surface area contributed by atoms with Crippen LogP contribution in [0.2, 0.25) is 0 Å². The summed E-state index contributed by atoms with van der Waals surface area (Å²) in [5, 5.41) is 4.06. The molecule has 7 heteroatoms. The lowest BCUT2D eigenvalue weighted by atomic mass is 10.1. The summed E-state index contributed by atoms with van der Waals surface area (Å²) in [5.41, 5.74) is 5.89. The van der Waals surface area contributed by atoms with Gasteiger partial charge in [0.25, 0.3) is 5.91 Å². The number of nitrogens with zero attached hydrogens (tertiary/aromatic N) is 4. The molecule has 0 spiro atoms. The quantitative estimate of drug-likeness (QED) is 0.803. The van der Waals surface area contributed by atoms with Gasteiger partial charge in [0.1, 0.15) is 0 Å². The van der Waals surface area contributed by atoms with Gasteiger partial charge in [0, 0.05) is 25.3 Å². The third kappa shape index (κ3) is 2.37. The van der Waals surface area contributed by atoms with Gasteiger partial charge < -0.3 is 5.73 Å². The molecule has 2 aromatic heterocycles. The predicted molar refractivity (Wildman–Crippen MR) is 73.7 cm³/mol. The third-order valence-corrected chi connectivity index (χ3v) is 3.66. The molecule has 2 N–H and O–H groups in total. The minimum Gasteiger partial charge on any atom is -0.328 e. The average Bonchev–Trinajstić information content (AvgIpc) is 2.79. The first-order valence-electron chi connectivity index (χ1n) is 6.73. The van der Waals surface area contributed by atoms with Crippen LogP contribution < -0.4 is 11.4 Å². The lowest BCUT2D eigenvalue weighted by Gasteiger charge is -2.28. The molecule has 0 bridgehead atoms. The Kier molecular flexibility index (Phi) is 3.37. The SMILES string of the molecule is NC1CCN(CC(=O)n2nc3ccccn3c2=O)CC1. The second kappa shape index (κ2) is 5.18. The van der Waals surface area contributed by atoms with E-state index in [1.54, 1.807) is 24.4 Å². The highest BCUT2D eigenvalue weighted by Crippen LogP contribution is 2.07. The Bertz CT molecular complexity index is 681. The van der Waals surface area contributed by atoms with Crippen molar-refractivity contribution in [3.05, 3.63) is 34.9 Å². The maximum atomic E-state index is 12.2. The molecule has 1 aliphatic rings. The molecule has 3 rings (SSSR count). The van der Waals surface area contributed by atoms with Gasteiger partial charge in [0.15, 0.2) is 5.65 Å². The van der Waals surface area contributed by atoms with Crippen LogP contribution in [-0.2, 0) is 0 Å². The van der Waals surface area contributed by atoms with Gasteiger partial charge in [-0.05, 0) is 25.0 Å². The Labute approximate surface area is 115 Å². The number of hydrogen-bond acceptors (Lipinski definition) is 5. The second-order valence-corrected chi connectivity index (χ2v) is 5.13. The van der Waals surface area contributed by atoms with Crippen LogP contribution in [0.1, 0.15) is 17.6 Å². The van der Waals surface area contributed by atoms with Crippen molar-refractivity contribution < 1.29 is 4.79 Å². The zero-order valence-corrected chi connectivity index (χ0v) is 11.1. The van der Waals surface area contributed by atoms with E-state index in [-0.39, 0.29) is 18.5 Å². The summed E-state index contributed by atoms with van der Waals surface area (Å²) >= 11 is 0. The van der Waals surface area contributed by atoms with Crippen LogP contribution in [0.25, 0.3) is 5.65 Å². The fourth-order valence-corrected chi connectivity index (χ4v) is 2.46. The number of piperidine rings is 1. The predicted octanol–water partition coefficient (Wildman–Crippen LogP) is -0.441. The Hall–Kier alpha value is -1.99. The fourth-order valence-electron chi connectivity index (χ4n) is 2.46. The zero-order valence-electron chi connectivity index (χ0n) is 11.1. The van der Waals surface area contributed by atoms with Gasteiger partial charge in [-0.2, -0.15) is 0 Å². The van der Waals surface area contributed by atoms with Crippen molar-refractivity contribution in [3.63, 3.8) is 0 Å². The van der Waals surface area contributed by atoms with Crippen LogP contribution in [0.15, 0.2) is 29.2 Å². The van der Waals surface area contributed by atoms with Gasteiger partial charge >= 0.3 is 5.69 Å². The normalized spacial score (nSPS) is 17.6. The Morgan fingerprint density at radius 3 is 2.80 bits per heavy atom. The van der Waals surface area contributed by atoms with E-state index < -0.39 is 5.69 Å². The topological polar surface area (TPSA) is 85.6 Å². The van der Waals surface area contributed by atoms with Crippen LogP contribution in [0.5, 0.6) is 0 Å². The molecule has 0 aliphatic carbocycles. The summed E-state index contributed by atoms with van der Waals surface area (Å²) in [4.78, 5) is 26.3. The highest BCUT2D eigenvalue weighted by Gasteiger charge is 2.21. The van der Waals surface area contributed by atoms with E-state index >= 15 is 0 Å². The van der Waals surface area contributed by atoms with Gasteiger partial charge in [0.2, 0.25) is 0 Å². The van der Waals surface area contributed by atoms with Crippen molar-refractivity contribution >= 4 is 11.6 Å². The van der Waals surface area contributed by atoms with Crippen molar-refractivity contribution in [2.24, 2.45) is 5.73 Å². The maximum Gasteiger partial charge on any atom is 0.357 e. The van der Waals surface area contributed by atoms with Crippen LogP contribution in [0.4, 0.5) is 0 Å². The van der Waals surface area contributed by atoms with E-state index in [9.17, 15) is 9.59 Å². The molecule has 1 aliphatic heterocycles. The van der Waals surface area contributed by atoms with Crippen LogP contribution >= 0.6 is 0 Å². The number of nitrogens with two attached hydrogens (primary N) is 1. The summed E-state index contributed by atoms with van der Waals surface area (Å²) in [6.45, 7) is 1.78.